The van der Waals surface area contributed by atoms with Crippen molar-refractivity contribution in [1.82, 2.24) is 39.5 Å². The molecule has 6 rings (SSSR count). The number of likely N-dealkylation sites (N-methyl/N-ethyl adjacent to an activating group) is 2. The fraction of sp³-hybridized carbons (Fsp3) is 0.500. The Bertz CT molecular complexity index is 2490. The molecule has 0 saturated carbocycles. The maximum Gasteiger partial charge on any atom is 2.00 e. The first-order chi connectivity index (χ1) is 34.6. The minimum Gasteiger partial charge on any atom is -0.741 e. The van der Waals surface area contributed by atoms with Gasteiger partial charge in [0.2, 0.25) is 0 Å². The number of likely N-dealkylation sites (tertiary alicyclic amines) is 2. The van der Waals surface area contributed by atoms with Crippen molar-refractivity contribution in [3.63, 3.8) is 0 Å². The summed E-state index contributed by atoms with van der Waals surface area (Å²) in [6.07, 6.45) is 12.6. The van der Waals surface area contributed by atoms with Gasteiger partial charge in [0.1, 0.15) is 0 Å². The Morgan fingerprint density at radius 2 is 0.667 bits per heavy atom. The second kappa shape index (κ2) is 33.9. The summed E-state index contributed by atoms with van der Waals surface area (Å²) in [5.41, 5.74) is -18.0. The Morgan fingerprint density at radius 3 is 0.859 bits per heavy atom. The van der Waals surface area contributed by atoms with Crippen molar-refractivity contribution in [2.75, 3.05) is 40.3 Å². The fourth-order valence-corrected chi connectivity index (χ4v) is 6.40. The second-order valence-electron chi connectivity index (χ2n) is 15.8. The van der Waals surface area contributed by atoms with Gasteiger partial charge in [-0.2, -0.15) is 52.7 Å². The number of halogens is 12. The van der Waals surface area contributed by atoms with Crippen molar-refractivity contribution in [3.05, 3.63) is 120 Å². The molecule has 20 nitrogen and oxygen atoms in total. The number of aromatic nitrogens is 4. The minimum atomic E-state index is -6.09. The Labute approximate surface area is 463 Å². The Balaban J connectivity index is 0. The van der Waals surface area contributed by atoms with E-state index in [4.69, 9.17) is 51.9 Å². The molecule has 0 aliphatic carbocycles. The van der Waals surface area contributed by atoms with Crippen LogP contribution < -0.4 is 0 Å². The normalized spacial score (nSPS) is 16.4. The minimum absolute atomic E-state index is 0. The molecule has 6 heterocycles. The maximum atomic E-state index is 10.7. The van der Waals surface area contributed by atoms with Gasteiger partial charge >= 0.3 is 56.2 Å². The molecule has 0 spiro atoms. The molecule has 38 heteroatoms. The van der Waals surface area contributed by atoms with Crippen LogP contribution in [0.3, 0.4) is 0 Å². The number of pyridine rings is 4. The van der Waals surface area contributed by atoms with Crippen LogP contribution in [0.1, 0.15) is 48.5 Å². The van der Waals surface area contributed by atoms with Gasteiger partial charge in [-0.05, 0) is 101 Å². The number of hydrogen-bond donors (Lipinski definition) is 0. The number of nitrogens with zero attached hydrogens (tertiary/aromatic N) is 8. The summed E-state index contributed by atoms with van der Waals surface area (Å²) in [6.45, 7) is 8.28. The standard InChI is InChI=1S/2C18H24N4.4CHF3O3S.2Mn/c2*1-21(13-16-7-2-4-10-19-16)15-18-9-6-12-22(18)14-17-8-3-5-11-20-17;4*2-1(3,4)8(5,6)7;;/h2*2-5,7-8,10-11,18H,6,9,12-15H2,1H3;4*(H,5,6,7);;/q;;;;;;2*+2/p-4/t2*18-;;;;;;/m00....../s1. The van der Waals surface area contributed by atoms with Crippen LogP contribution in [0.15, 0.2) is 97.6 Å². The number of hydrogen-bond acceptors (Lipinski definition) is 20. The van der Waals surface area contributed by atoms with Crippen molar-refractivity contribution in [2.24, 2.45) is 0 Å². The molecule has 78 heavy (non-hydrogen) atoms. The predicted molar refractivity (Wildman–Crippen MR) is 239 cm³/mol. The molecule has 0 aromatic carbocycles. The van der Waals surface area contributed by atoms with Gasteiger partial charge in [-0.25, -0.2) is 33.7 Å². The van der Waals surface area contributed by atoms with E-state index in [1.165, 1.54) is 50.2 Å². The van der Waals surface area contributed by atoms with E-state index in [0.29, 0.717) is 12.1 Å². The van der Waals surface area contributed by atoms with Crippen LogP contribution in [0.2, 0.25) is 0 Å². The molecule has 2 fully saturated rings. The monoisotopic (exact) mass is 1300 g/mol. The molecule has 2 atom stereocenters. The van der Waals surface area contributed by atoms with E-state index in [-0.39, 0.29) is 34.1 Å². The van der Waals surface area contributed by atoms with E-state index in [2.05, 4.69) is 102 Å². The molecular formula is C40H48F12Mn2N8O12S4. The van der Waals surface area contributed by atoms with Crippen molar-refractivity contribution >= 4 is 40.5 Å². The first-order valence-corrected chi connectivity index (χ1v) is 26.8. The van der Waals surface area contributed by atoms with Crippen LogP contribution in [0, 0.1) is 0 Å². The summed E-state index contributed by atoms with van der Waals surface area (Å²) in [5.74, 6) is 0. The van der Waals surface area contributed by atoms with Crippen molar-refractivity contribution in [1.29, 1.82) is 0 Å². The van der Waals surface area contributed by atoms with Crippen LogP contribution in [0.4, 0.5) is 52.7 Å². The van der Waals surface area contributed by atoms with Crippen LogP contribution in [-0.2, 0) is 101 Å². The predicted octanol–water partition coefficient (Wildman–Crippen LogP) is 5.35. The van der Waals surface area contributed by atoms with Gasteiger partial charge in [-0.1, -0.05) is 24.3 Å². The molecule has 4 aromatic rings. The average Bonchev–Trinajstić information content (AvgIpc) is 3.91. The molecule has 2 saturated heterocycles. The largest absolute Gasteiger partial charge is 2.00 e. The third-order valence-corrected chi connectivity index (χ3v) is 11.9. The van der Waals surface area contributed by atoms with Gasteiger partial charge < -0.3 is 18.2 Å². The van der Waals surface area contributed by atoms with Crippen LogP contribution in [-0.4, -0.2) is 166 Å². The molecule has 0 unspecified atom stereocenters. The van der Waals surface area contributed by atoms with Gasteiger partial charge in [-0.15, -0.1) is 0 Å². The van der Waals surface area contributed by atoms with E-state index in [1.54, 1.807) is 0 Å². The van der Waals surface area contributed by atoms with E-state index >= 15 is 0 Å². The summed E-state index contributed by atoms with van der Waals surface area (Å²) in [4.78, 5) is 27.6. The average molecular weight is 1300 g/mol. The molecule has 0 N–H and O–H groups in total. The zero-order valence-electron chi connectivity index (χ0n) is 40.3. The third kappa shape index (κ3) is 31.3. The molecule has 2 radical (unpaired) electrons. The Morgan fingerprint density at radius 1 is 0.449 bits per heavy atom. The van der Waals surface area contributed by atoms with Crippen molar-refractivity contribution in [3.8, 4) is 0 Å². The Kier molecular flexibility index (Phi) is 33.2. The number of alkyl halides is 12. The summed E-state index contributed by atoms with van der Waals surface area (Å²) in [6, 6.07) is 25.8. The Hall–Kier alpha value is -3.72. The summed E-state index contributed by atoms with van der Waals surface area (Å²) in [7, 11) is -20.0. The van der Waals surface area contributed by atoms with E-state index < -0.39 is 62.5 Å². The molecule has 2 aliphatic heterocycles. The number of rotatable bonds is 12. The molecule has 442 valence electrons. The van der Waals surface area contributed by atoms with Gasteiger partial charge in [-0.3, -0.25) is 39.5 Å². The van der Waals surface area contributed by atoms with Gasteiger partial charge in [0, 0.05) is 76.1 Å². The molecule has 2 aliphatic rings. The first kappa shape index (κ1) is 76.3. The smallest absolute Gasteiger partial charge is 0.741 e. The SMILES string of the molecule is CN(Cc1ccccn1)C[C@@H]1CCCN1Cc1ccccn1.CN(Cc1ccccn1)C[C@@H]1CCCN1Cc1ccccn1.O=S(=O)([O-])C(F)(F)F.O=S(=O)([O-])C(F)(F)F.O=S(=O)([O-])C(F)(F)F.O=S(=O)([O-])C(F)(F)F.[Mn+2].[Mn+2]. The van der Waals surface area contributed by atoms with Crippen LogP contribution in [0.25, 0.3) is 0 Å². The van der Waals surface area contributed by atoms with Crippen molar-refractivity contribution in [2.45, 2.75) is 86.0 Å². The van der Waals surface area contributed by atoms with E-state index in [9.17, 15) is 52.7 Å². The first-order valence-electron chi connectivity index (χ1n) is 21.2. The van der Waals surface area contributed by atoms with Gasteiger partial charge in [0.25, 0.3) is 0 Å². The zero-order valence-corrected chi connectivity index (χ0v) is 45.9. The maximum absolute atomic E-state index is 10.7. The zero-order chi connectivity index (χ0) is 58.4. The van der Waals surface area contributed by atoms with Gasteiger partial charge in [0.05, 0.1) is 22.8 Å². The van der Waals surface area contributed by atoms with Crippen LogP contribution >= 0.6 is 0 Å². The molecule has 4 aromatic heterocycles. The third-order valence-electron chi connectivity index (χ3n) is 9.68. The quantitative estimate of drug-likeness (QED) is 0.0747. The molecule has 0 amide bonds. The van der Waals surface area contributed by atoms with Crippen molar-refractivity contribution < 1.29 is 139 Å². The topological polar surface area (TPSA) is 293 Å². The van der Waals surface area contributed by atoms with E-state index in [1.807, 2.05) is 49.1 Å². The second-order valence-corrected chi connectivity index (χ2v) is 21.3. The summed E-state index contributed by atoms with van der Waals surface area (Å²) < 4.78 is 236. The summed E-state index contributed by atoms with van der Waals surface area (Å²) >= 11 is 0. The summed E-state index contributed by atoms with van der Waals surface area (Å²) in [5, 5.41) is 0. The van der Waals surface area contributed by atoms with Gasteiger partial charge in [0.15, 0.2) is 40.5 Å². The fourth-order valence-electron chi connectivity index (χ4n) is 6.40. The molecular weight excluding hydrogens is 1250 g/mol. The van der Waals surface area contributed by atoms with E-state index in [0.717, 1.165) is 50.7 Å². The molecule has 0 bridgehead atoms. The van der Waals surface area contributed by atoms with Crippen LogP contribution in [0.5, 0.6) is 0 Å².